The Morgan fingerprint density at radius 2 is 1.73 bits per heavy atom. The van der Waals surface area contributed by atoms with E-state index in [-0.39, 0.29) is 19.3 Å². The van der Waals surface area contributed by atoms with Crippen molar-refractivity contribution in [3.63, 3.8) is 0 Å². The Balaban J connectivity index is 3.22. The average molecular weight is 169 g/mol. The Morgan fingerprint density at radius 3 is 2.09 bits per heavy atom. The molecule has 0 aliphatic rings. The summed E-state index contributed by atoms with van der Waals surface area (Å²) in [5.74, 6) is -1.30. The summed E-state index contributed by atoms with van der Waals surface area (Å²) in [4.78, 5) is 9.73. The van der Waals surface area contributed by atoms with Crippen LogP contribution in [0.4, 0.5) is 13.2 Å². The molecule has 0 saturated heterocycles. The Kier molecular flexibility index (Phi) is 3.92. The number of hydrogen-bond donors (Lipinski definition) is 0. The lowest BCUT2D eigenvalue weighted by Gasteiger charge is -2.03. The molecule has 0 saturated carbocycles. The molecule has 5 heteroatoms. The second-order valence-corrected chi connectivity index (χ2v) is 2.19. The van der Waals surface area contributed by atoms with E-state index in [1.165, 1.54) is 0 Å². The SMILES string of the molecule is [O]C(=O)CCCCC(F)(F)F. The quantitative estimate of drug-likeness (QED) is 0.593. The molecular weight excluding hydrogens is 161 g/mol. The molecule has 0 aromatic rings. The van der Waals surface area contributed by atoms with Gasteiger partial charge in [-0.25, -0.2) is 9.90 Å². The molecule has 0 atom stereocenters. The number of hydrogen-bond acceptors (Lipinski definition) is 1. The van der Waals surface area contributed by atoms with Gasteiger partial charge < -0.3 is 0 Å². The smallest absolute Gasteiger partial charge is 0.247 e. The van der Waals surface area contributed by atoms with Crippen molar-refractivity contribution in [2.24, 2.45) is 0 Å². The first kappa shape index (κ1) is 10.3. The molecule has 0 aromatic carbocycles. The fraction of sp³-hybridized carbons (Fsp3) is 0.833. The van der Waals surface area contributed by atoms with Crippen LogP contribution >= 0.6 is 0 Å². The number of carbonyl (C=O) groups is 1. The summed E-state index contributed by atoms with van der Waals surface area (Å²) in [5, 5.41) is 9.73. The lowest BCUT2D eigenvalue weighted by Crippen LogP contribution is -2.06. The zero-order valence-electron chi connectivity index (χ0n) is 5.78. The highest BCUT2D eigenvalue weighted by Gasteiger charge is 2.25. The molecule has 0 aliphatic heterocycles. The van der Waals surface area contributed by atoms with E-state index in [4.69, 9.17) is 0 Å². The van der Waals surface area contributed by atoms with E-state index in [9.17, 15) is 23.1 Å². The third kappa shape index (κ3) is 9.26. The maximum Gasteiger partial charge on any atom is 0.389 e. The highest BCUT2D eigenvalue weighted by Crippen LogP contribution is 2.22. The highest BCUT2D eigenvalue weighted by atomic mass is 19.4. The molecule has 0 rings (SSSR count). The van der Waals surface area contributed by atoms with E-state index in [1.54, 1.807) is 0 Å². The first-order valence-corrected chi connectivity index (χ1v) is 3.18. The van der Waals surface area contributed by atoms with Crippen LogP contribution in [-0.2, 0) is 9.90 Å². The van der Waals surface area contributed by atoms with Gasteiger partial charge in [-0.05, 0) is 12.8 Å². The van der Waals surface area contributed by atoms with Gasteiger partial charge in [-0.2, -0.15) is 13.2 Å². The van der Waals surface area contributed by atoms with E-state index < -0.39 is 18.6 Å². The molecule has 0 aromatic heterocycles. The Hall–Kier alpha value is -0.740. The molecule has 0 unspecified atom stereocenters. The summed E-state index contributed by atoms with van der Waals surface area (Å²) >= 11 is 0. The van der Waals surface area contributed by atoms with E-state index in [0.29, 0.717) is 0 Å². The Labute approximate surface area is 62.0 Å². The van der Waals surface area contributed by atoms with Gasteiger partial charge in [-0.3, -0.25) is 0 Å². The van der Waals surface area contributed by atoms with Crippen molar-refractivity contribution in [1.29, 1.82) is 0 Å². The van der Waals surface area contributed by atoms with Crippen LogP contribution < -0.4 is 0 Å². The first-order chi connectivity index (χ1) is 4.92. The van der Waals surface area contributed by atoms with Crippen LogP contribution in [0.5, 0.6) is 0 Å². The minimum atomic E-state index is -4.17. The van der Waals surface area contributed by atoms with Crippen LogP contribution in [-0.4, -0.2) is 12.1 Å². The minimum absolute atomic E-state index is 0.0296. The van der Waals surface area contributed by atoms with Crippen molar-refractivity contribution >= 4 is 5.97 Å². The van der Waals surface area contributed by atoms with Crippen LogP contribution in [0.3, 0.4) is 0 Å². The maximum atomic E-state index is 11.4. The van der Waals surface area contributed by atoms with E-state index in [2.05, 4.69) is 0 Å². The Bertz CT molecular complexity index is 130. The number of rotatable bonds is 4. The summed E-state index contributed by atoms with van der Waals surface area (Å²) in [5.41, 5.74) is 0. The van der Waals surface area contributed by atoms with Gasteiger partial charge in [0.15, 0.2) is 0 Å². The fourth-order valence-corrected chi connectivity index (χ4v) is 0.595. The van der Waals surface area contributed by atoms with Crippen molar-refractivity contribution in [3.8, 4) is 0 Å². The second-order valence-electron chi connectivity index (χ2n) is 2.19. The lowest BCUT2D eigenvalue weighted by atomic mass is 10.2. The Morgan fingerprint density at radius 1 is 1.18 bits per heavy atom. The van der Waals surface area contributed by atoms with Crippen molar-refractivity contribution in [2.45, 2.75) is 31.9 Å². The normalized spacial score (nSPS) is 11.5. The fourth-order valence-electron chi connectivity index (χ4n) is 0.595. The standard InChI is InChI=1S/C6H8F3O2/c7-6(8,9)4-2-1-3-5(10)11/h1-4H2. The largest absolute Gasteiger partial charge is 0.389 e. The van der Waals surface area contributed by atoms with Crippen molar-refractivity contribution in [2.75, 3.05) is 0 Å². The van der Waals surface area contributed by atoms with Crippen LogP contribution in [0.15, 0.2) is 0 Å². The lowest BCUT2D eigenvalue weighted by molar-refractivity contribution is -0.145. The van der Waals surface area contributed by atoms with Gasteiger partial charge in [0.25, 0.3) is 0 Å². The van der Waals surface area contributed by atoms with Gasteiger partial charge >= 0.3 is 12.1 Å². The number of alkyl halides is 3. The molecule has 0 aliphatic carbocycles. The van der Waals surface area contributed by atoms with Gasteiger partial charge in [0, 0.05) is 6.42 Å². The van der Waals surface area contributed by atoms with E-state index in [0.717, 1.165) is 0 Å². The van der Waals surface area contributed by atoms with Gasteiger partial charge in [-0.1, -0.05) is 0 Å². The molecule has 2 nitrogen and oxygen atoms in total. The number of halogens is 3. The van der Waals surface area contributed by atoms with Gasteiger partial charge in [0.05, 0.1) is 6.42 Å². The van der Waals surface area contributed by atoms with E-state index >= 15 is 0 Å². The first-order valence-electron chi connectivity index (χ1n) is 3.18. The maximum absolute atomic E-state index is 11.4. The molecule has 0 fully saturated rings. The zero-order valence-corrected chi connectivity index (χ0v) is 5.78. The molecule has 0 bridgehead atoms. The molecular formula is C6H8F3O2. The second kappa shape index (κ2) is 4.20. The predicted molar refractivity (Wildman–Crippen MR) is 30.2 cm³/mol. The summed E-state index contributed by atoms with van der Waals surface area (Å²) in [6.45, 7) is 0. The van der Waals surface area contributed by atoms with Gasteiger partial charge in [-0.15, -0.1) is 0 Å². The van der Waals surface area contributed by atoms with Crippen LogP contribution in [0.2, 0.25) is 0 Å². The summed E-state index contributed by atoms with van der Waals surface area (Å²) in [7, 11) is 0. The molecule has 0 N–H and O–H groups in total. The molecule has 0 spiro atoms. The van der Waals surface area contributed by atoms with Crippen molar-refractivity contribution < 1.29 is 23.1 Å². The number of unbranched alkanes of at least 4 members (excludes halogenated alkanes) is 1. The molecule has 1 radical (unpaired) electrons. The number of carbonyl (C=O) groups excluding carboxylic acids is 1. The third-order valence-electron chi connectivity index (χ3n) is 1.09. The van der Waals surface area contributed by atoms with Crippen LogP contribution in [0.25, 0.3) is 0 Å². The van der Waals surface area contributed by atoms with Gasteiger partial charge in [0.2, 0.25) is 0 Å². The summed E-state index contributed by atoms with van der Waals surface area (Å²) in [6.07, 6.45) is -5.50. The summed E-state index contributed by atoms with van der Waals surface area (Å²) in [6, 6.07) is 0. The average Bonchev–Trinajstić information content (AvgIpc) is 1.78. The zero-order chi connectivity index (χ0) is 8.91. The highest BCUT2D eigenvalue weighted by molar-refractivity contribution is 5.66. The van der Waals surface area contributed by atoms with Crippen LogP contribution in [0, 0.1) is 0 Å². The predicted octanol–water partition coefficient (Wildman–Crippen LogP) is 2.07. The van der Waals surface area contributed by atoms with Gasteiger partial charge in [0.1, 0.15) is 0 Å². The molecule has 11 heavy (non-hydrogen) atoms. The minimum Gasteiger partial charge on any atom is -0.247 e. The van der Waals surface area contributed by atoms with Crippen molar-refractivity contribution in [3.05, 3.63) is 0 Å². The van der Waals surface area contributed by atoms with Crippen molar-refractivity contribution in [1.82, 2.24) is 0 Å². The van der Waals surface area contributed by atoms with E-state index in [1.807, 2.05) is 0 Å². The molecule has 0 amide bonds. The topological polar surface area (TPSA) is 37.0 Å². The molecule has 65 valence electrons. The third-order valence-corrected chi connectivity index (χ3v) is 1.09. The van der Waals surface area contributed by atoms with Crippen LogP contribution in [0.1, 0.15) is 25.7 Å². The molecule has 0 heterocycles. The monoisotopic (exact) mass is 169 g/mol. The summed E-state index contributed by atoms with van der Waals surface area (Å²) < 4.78 is 34.3.